The van der Waals surface area contributed by atoms with Crippen molar-refractivity contribution >= 4 is 31.6 Å². The SMILES string of the molecule is Cc1ccccc1N(C)S(=O)(=O)c1cc(CN)ccc1Br. The summed E-state index contributed by atoms with van der Waals surface area (Å²) < 4.78 is 27.5. The molecule has 0 saturated carbocycles. The third-order valence-electron chi connectivity index (χ3n) is 3.32. The van der Waals surface area contributed by atoms with Crippen LogP contribution in [0.25, 0.3) is 0 Å². The number of aryl methyl sites for hydroxylation is 1. The van der Waals surface area contributed by atoms with Crippen molar-refractivity contribution in [3.8, 4) is 0 Å². The van der Waals surface area contributed by atoms with E-state index in [1.54, 1.807) is 31.3 Å². The van der Waals surface area contributed by atoms with E-state index in [4.69, 9.17) is 5.73 Å². The number of para-hydroxylation sites is 1. The van der Waals surface area contributed by atoms with Gasteiger partial charge in [0.05, 0.1) is 5.69 Å². The van der Waals surface area contributed by atoms with Crippen molar-refractivity contribution in [1.29, 1.82) is 0 Å². The van der Waals surface area contributed by atoms with Gasteiger partial charge in [-0.15, -0.1) is 0 Å². The second-order valence-corrected chi connectivity index (χ2v) is 7.52. The highest BCUT2D eigenvalue weighted by atomic mass is 79.9. The lowest BCUT2D eigenvalue weighted by atomic mass is 10.2. The summed E-state index contributed by atoms with van der Waals surface area (Å²) in [5.74, 6) is 0. The van der Waals surface area contributed by atoms with Crippen molar-refractivity contribution in [2.75, 3.05) is 11.4 Å². The Hall–Kier alpha value is -1.37. The lowest BCUT2D eigenvalue weighted by Gasteiger charge is -2.22. The summed E-state index contributed by atoms with van der Waals surface area (Å²) in [6.07, 6.45) is 0. The predicted molar refractivity (Wildman–Crippen MR) is 88.8 cm³/mol. The van der Waals surface area contributed by atoms with Crippen molar-refractivity contribution < 1.29 is 8.42 Å². The first kappa shape index (κ1) is 16.0. The molecule has 0 spiro atoms. The largest absolute Gasteiger partial charge is 0.326 e. The van der Waals surface area contributed by atoms with Crippen LogP contribution in [0, 0.1) is 6.92 Å². The fourth-order valence-corrected chi connectivity index (χ4v) is 4.30. The Labute approximate surface area is 133 Å². The van der Waals surface area contributed by atoms with E-state index in [2.05, 4.69) is 15.9 Å². The molecule has 0 radical (unpaired) electrons. The van der Waals surface area contributed by atoms with Gasteiger partial charge < -0.3 is 5.73 Å². The van der Waals surface area contributed by atoms with Gasteiger partial charge in [-0.1, -0.05) is 24.3 Å². The van der Waals surface area contributed by atoms with Gasteiger partial charge in [0.15, 0.2) is 0 Å². The van der Waals surface area contributed by atoms with Gasteiger partial charge >= 0.3 is 0 Å². The number of sulfonamides is 1. The zero-order chi connectivity index (χ0) is 15.6. The summed E-state index contributed by atoms with van der Waals surface area (Å²) in [5, 5.41) is 0. The lowest BCUT2D eigenvalue weighted by molar-refractivity contribution is 0.593. The lowest BCUT2D eigenvalue weighted by Crippen LogP contribution is -2.27. The number of hydrogen-bond acceptors (Lipinski definition) is 3. The van der Waals surface area contributed by atoms with Gasteiger partial charge in [-0.2, -0.15) is 0 Å². The van der Waals surface area contributed by atoms with E-state index in [-0.39, 0.29) is 4.90 Å². The number of halogens is 1. The summed E-state index contributed by atoms with van der Waals surface area (Å²) in [4.78, 5) is 0.219. The number of benzene rings is 2. The van der Waals surface area contributed by atoms with E-state index in [1.165, 1.54) is 4.31 Å². The number of anilines is 1. The second kappa shape index (κ2) is 6.17. The van der Waals surface area contributed by atoms with Gasteiger partial charge in [-0.25, -0.2) is 8.42 Å². The van der Waals surface area contributed by atoms with Gasteiger partial charge in [0.25, 0.3) is 10.0 Å². The fourth-order valence-electron chi connectivity index (χ4n) is 2.07. The normalized spacial score (nSPS) is 11.4. The summed E-state index contributed by atoms with van der Waals surface area (Å²) in [6.45, 7) is 2.18. The van der Waals surface area contributed by atoms with E-state index in [1.807, 2.05) is 25.1 Å². The Balaban J connectivity index is 2.54. The minimum atomic E-state index is -3.65. The molecule has 0 amide bonds. The molecule has 0 aliphatic heterocycles. The molecule has 0 unspecified atom stereocenters. The van der Waals surface area contributed by atoms with Crippen LogP contribution >= 0.6 is 15.9 Å². The Kier molecular flexibility index (Phi) is 4.70. The molecule has 0 aromatic heterocycles. The standard InChI is InChI=1S/C15H17BrN2O2S/c1-11-5-3-4-6-14(11)18(2)21(19,20)15-9-12(10-17)7-8-13(15)16/h3-9H,10,17H2,1-2H3. The van der Waals surface area contributed by atoms with Gasteiger partial charge in [0, 0.05) is 18.1 Å². The van der Waals surface area contributed by atoms with Gasteiger partial charge in [-0.05, 0) is 52.2 Å². The Bertz CT molecular complexity index is 760. The zero-order valence-corrected chi connectivity index (χ0v) is 14.3. The monoisotopic (exact) mass is 368 g/mol. The Morgan fingerprint density at radius 3 is 2.48 bits per heavy atom. The number of nitrogens with zero attached hydrogens (tertiary/aromatic N) is 1. The maximum Gasteiger partial charge on any atom is 0.265 e. The number of rotatable bonds is 4. The van der Waals surface area contributed by atoms with Crippen molar-refractivity contribution in [2.45, 2.75) is 18.4 Å². The quantitative estimate of drug-likeness (QED) is 0.901. The summed E-state index contributed by atoms with van der Waals surface area (Å²) >= 11 is 3.31. The van der Waals surface area contributed by atoms with Crippen LogP contribution < -0.4 is 10.0 Å². The average molecular weight is 369 g/mol. The molecular formula is C15H17BrN2O2S. The summed E-state index contributed by atoms with van der Waals surface area (Å²) in [5.41, 5.74) is 7.93. The van der Waals surface area contributed by atoms with E-state index in [9.17, 15) is 8.42 Å². The first-order valence-corrected chi connectivity index (χ1v) is 8.64. The summed E-state index contributed by atoms with van der Waals surface area (Å²) in [7, 11) is -2.09. The molecule has 0 fully saturated rings. The second-order valence-electron chi connectivity index (χ2n) is 4.73. The van der Waals surface area contributed by atoms with Crippen molar-refractivity contribution in [2.24, 2.45) is 5.73 Å². The highest BCUT2D eigenvalue weighted by Crippen LogP contribution is 2.29. The molecule has 0 bridgehead atoms. The van der Waals surface area contributed by atoms with Crippen LogP contribution in [-0.2, 0) is 16.6 Å². The topological polar surface area (TPSA) is 63.4 Å². The Morgan fingerprint density at radius 1 is 1.19 bits per heavy atom. The Morgan fingerprint density at radius 2 is 1.86 bits per heavy atom. The third-order valence-corrected chi connectivity index (χ3v) is 6.09. The van der Waals surface area contributed by atoms with E-state index >= 15 is 0 Å². The van der Waals surface area contributed by atoms with E-state index in [0.29, 0.717) is 16.7 Å². The van der Waals surface area contributed by atoms with Crippen LogP contribution in [0.4, 0.5) is 5.69 Å². The van der Waals surface area contributed by atoms with Crippen molar-refractivity contribution in [3.05, 3.63) is 58.1 Å². The molecule has 6 heteroatoms. The highest BCUT2D eigenvalue weighted by Gasteiger charge is 2.25. The van der Waals surface area contributed by atoms with Gasteiger partial charge in [-0.3, -0.25) is 4.31 Å². The van der Waals surface area contributed by atoms with Crippen LogP contribution in [0.5, 0.6) is 0 Å². The van der Waals surface area contributed by atoms with Crippen LogP contribution in [-0.4, -0.2) is 15.5 Å². The molecule has 0 aliphatic rings. The molecule has 0 saturated heterocycles. The molecular weight excluding hydrogens is 352 g/mol. The van der Waals surface area contributed by atoms with E-state index < -0.39 is 10.0 Å². The first-order valence-electron chi connectivity index (χ1n) is 6.41. The maximum atomic E-state index is 12.8. The number of nitrogens with two attached hydrogens (primary N) is 1. The summed E-state index contributed by atoms with van der Waals surface area (Å²) in [6, 6.07) is 12.5. The van der Waals surface area contributed by atoms with Crippen LogP contribution in [0.3, 0.4) is 0 Å². The third kappa shape index (κ3) is 3.12. The molecule has 2 aromatic rings. The van der Waals surface area contributed by atoms with Gasteiger partial charge in [0.2, 0.25) is 0 Å². The van der Waals surface area contributed by atoms with Crippen LogP contribution in [0.15, 0.2) is 51.8 Å². The maximum absolute atomic E-state index is 12.8. The molecule has 21 heavy (non-hydrogen) atoms. The molecule has 4 nitrogen and oxygen atoms in total. The minimum Gasteiger partial charge on any atom is -0.326 e. The first-order chi connectivity index (χ1) is 9.87. The predicted octanol–water partition coefficient (Wildman–Crippen LogP) is 3.04. The fraction of sp³-hybridized carbons (Fsp3) is 0.200. The molecule has 0 atom stereocenters. The van der Waals surface area contributed by atoms with E-state index in [0.717, 1.165) is 11.1 Å². The molecule has 2 aromatic carbocycles. The van der Waals surface area contributed by atoms with Gasteiger partial charge in [0.1, 0.15) is 4.90 Å². The highest BCUT2D eigenvalue weighted by molar-refractivity contribution is 9.10. The molecule has 0 aliphatic carbocycles. The number of hydrogen-bond donors (Lipinski definition) is 1. The molecule has 0 heterocycles. The average Bonchev–Trinajstić information content (AvgIpc) is 2.47. The van der Waals surface area contributed by atoms with Crippen LogP contribution in [0.1, 0.15) is 11.1 Å². The van der Waals surface area contributed by atoms with Crippen LogP contribution in [0.2, 0.25) is 0 Å². The zero-order valence-electron chi connectivity index (χ0n) is 11.9. The molecule has 2 N–H and O–H groups in total. The smallest absolute Gasteiger partial charge is 0.265 e. The minimum absolute atomic E-state index is 0.219. The molecule has 2 rings (SSSR count). The van der Waals surface area contributed by atoms with Crippen molar-refractivity contribution in [3.63, 3.8) is 0 Å². The van der Waals surface area contributed by atoms with Crippen molar-refractivity contribution in [1.82, 2.24) is 0 Å². The molecule has 112 valence electrons.